The maximum Gasteiger partial charge on any atom is 0.420 e. The molecule has 3 heterocycles. The van der Waals surface area contributed by atoms with Gasteiger partial charge in [0, 0.05) is 17.1 Å². The monoisotopic (exact) mass is 406 g/mol. The molecular formula is C21H18N4O3S. The van der Waals surface area contributed by atoms with Gasteiger partial charge in [-0.2, -0.15) is 16.9 Å². The van der Waals surface area contributed by atoms with Gasteiger partial charge in [0.1, 0.15) is 12.4 Å². The van der Waals surface area contributed by atoms with Crippen LogP contribution in [0.15, 0.2) is 57.7 Å². The van der Waals surface area contributed by atoms with Crippen LogP contribution in [-0.4, -0.2) is 20.3 Å². The summed E-state index contributed by atoms with van der Waals surface area (Å²) in [5, 5.41) is 7.73. The fourth-order valence-corrected chi connectivity index (χ4v) is 4.63. The molecule has 0 aliphatic carbocycles. The summed E-state index contributed by atoms with van der Waals surface area (Å²) in [6.07, 6.45) is 0. The number of carbonyl (C=O) groups is 1. The zero-order valence-corrected chi connectivity index (χ0v) is 16.5. The summed E-state index contributed by atoms with van der Waals surface area (Å²) >= 11 is 1.77. The number of nitrogens with zero attached hydrogens (tertiary/aromatic N) is 3. The lowest BCUT2D eigenvalue weighted by atomic mass is 10.2. The van der Waals surface area contributed by atoms with Gasteiger partial charge in [0.25, 0.3) is 0 Å². The summed E-state index contributed by atoms with van der Waals surface area (Å²) in [6, 6.07) is 15.0. The zero-order chi connectivity index (χ0) is 20.0. The standard InChI is InChI=1S/C21H18N4O3S/c1-13-6-2-3-7-16(13)25-20(14-11-29-12-15(14)23-25)22-19(26)10-24-17-8-4-5-9-18(17)28-21(24)27/h2-9H,10-12H2,1H3,(H,22,26). The number of hydrogen-bond donors (Lipinski definition) is 1. The fraction of sp³-hybridized carbons (Fsp3) is 0.190. The minimum absolute atomic E-state index is 0.128. The highest BCUT2D eigenvalue weighted by molar-refractivity contribution is 7.98. The maximum absolute atomic E-state index is 12.9. The van der Waals surface area contributed by atoms with E-state index in [0.29, 0.717) is 16.9 Å². The van der Waals surface area contributed by atoms with Crippen LogP contribution in [0.2, 0.25) is 0 Å². The van der Waals surface area contributed by atoms with Gasteiger partial charge < -0.3 is 9.73 Å². The average molecular weight is 406 g/mol. The molecule has 1 N–H and O–H groups in total. The molecule has 0 radical (unpaired) electrons. The van der Waals surface area contributed by atoms with Gasteiger partial charge in [0.2, 0.25) is 5.91 Å². The molecule has 0 bridgehead atoms. The van der Waals surface area contributed by atoms with E-state index < -0.39 is 5.76 Å². The zero-order valence-electron chi connectivity index (χ0n) is 15.7. The van der Waals surface area contributed by atoms with Crippen LogP contribution in [0.4, 0.5) is 5.82 Å². The van der Waals surface area contributed by atoms with Crippen LogP contribution < -0.4 is 11.1 Å². The van der Waals surface area contributed by atoms with Crippen LogP contribution in [0.1, 0.15) is 16.8 Å². The minimum Gasteiger partial charge on any atom is -0.408 e. The first kappa shape index (κ1) is 17.8. The van der Waals surface area contributed by atoms with Gasteiger partial charge in [0.15, 0.2) is 5.58 Å². The topological polar surface area (TPSA) is 82.1 Å². The van der Waals surface area contributed by atoms with E-state index in [0.717, 1.165) is 34.0 Å². The predicted octanol–water partition coefficient (Wildman–Crippen LogP) is 3.47. The number of rotatable bonds is 4. The Hall–Kier alpha value is -3.26. The number of anilines is 1. The molecule has 8 heteroatoms. The van der Waals surface area contributed by atoms with Crippen molar-refractivity contribution in [2.75, 3.05) is 5.32 Å². The van der Waals surface area contributed by atoms with Gasteiger partial charge >= 0.3 is 5.76 Å². The van der Waals surface area contributed by atoms with Crippen molar-refractivity contribution < 1.29 is 9.21 Å². The lowest BCUT2D eigenvalue weighted by Crippen LogP contribution is -2.26. The molecule has 2 aromatic heterocycles. The second-order valence-electron chi connectivity index (χ2n) is 6.93. The first-order chi connectivity index (χ1) is 14.1. The Morgan fingerprint density at radius 2 is 1.97 bits per heavy atom. The molecule has 146 valence electrons. The van der Waals surface area contributed by atoms with E-state index in [9.17, 15) is 9.59 Å². The molecule has 7 nitrogen and oxygen atoms in total. The van der Waals surface area contributed by atoms with Crippen LogP contribution >= 0.6 is 11.8 Å². The third kappa shape index (κ3) is 3.05. The van der Waals surface area contributed by atoms with E-state index >= 15 is 0 Å². The van der Waals surface area contributed by atoms with E-state index in [2.05, 4.69) is 5.32 Å². The number of thioether (sulfide) groups is 1. The molecular weight excluding hydrogens is 388 g/mol. The summed E-state index contributed by atoms with van der Waals surface area (Å²) in [4.78, 5) is 25.1. The lowest BCUT2D eigenvalue weighted by Gasteiger charge is -2.13. The number of aryl methyl sites for hydroxylation is 1. The van der Waals surface area contributed by atoms with Crippen LogP contribution in [-0.2, 0) is 22.8 Å². The first-order valence-corrected chi connectivity index (χ1v) is 10.4. The highest BCUT2D eigenvalue weighted by Gasteiger charge is 2.25. The second kappa shape index (κ2) is 6.97. The molecule has 0 fully saturated rings. The number of hydrogen-bond acceptors (Lipinski definition) is 5. The van der Waals surface area contributed by atoms with Crippen molar-refractivity contribution in [1.29, 1.82) is 0 Å². The normalized spacial score (nSPS) is 13.0. The van der Waals surface area contributed by atoms with E-state index in [1.54, 1.807) is 34.6 Å². The Morgan fingerprint density at radius 3 is 2.83 bits per heavy atom. The maximum atomic E-state index is 12.9. The number of nitrogens with one attached hydrogen (secondary N) is 1. The summed E-state index contributed by atoms with van der Waals surface area (Å²) in [7, 11) is 0. The van der Waals surface area contributed by atoms with Gasteiger partial charge in [-0.3, -0.25) is 9.36 Å². The number of oxazole rings is 1. The molecule has 2 aromatic carbocycles. The number of fused-ring (bicyclic) bond motifs is 2. The SMILES string of the molecule is Cc1ccccc1-n1nc2c(c1NC(=O)Cn1c(=O)oc3ccccc31)CSC2. The van der Waals surface area contributed by atoms with Crippen molar-refractivity contribution in [1.82, 2.24) is 14.3 Å². The number of aromatic nitrogens is 3. The van der Waals surface area contributed by atoms with Crippen molar-refractivity contribution in [2.45, 2.75) is 25.0 Å². The van der Waals surface area contributed by atoms with Gasteiger partial charge in [-0.15, -0.1) is 0 Å². The highest BCUT2D eigenvalue weighted by Crippen LogP contribution is 2.36. The molecule has 1 aliphatic heterocycles. The van der Waals surface area contributed by atoms with Crippen molar-refractivity contribution in [2.24, 2.45) is 0 Å². The largest absolute Gasteiger partial charge is 0.420 e. The third-order valence-corrected chi connectivity index (χ3v) is 6.00. The predicted molar refractivity (Wildman–Crippen MR) is 112 cm³/mol. The molecule has 29 heavy (non-hydrogen) atoms. The van der Waals surface area contributed by atoms with E-state index in [1.807, 2.05) is 37.3 Å². The van der Waals surface area contributed by atoms with Gasteiger partial charge in [-0.05, 0) is 30.7 Å². The van der Waals surface area contributed by atoms with E-state index in [4.69, 9.17) is 9.52 Å². The first-order valence-electron chi connectivity index (χ1n) is 9.24. The van der Waals surface area contributed by atoms with Gasteiger partial charge in [-0.25, -0.2) is 9.48 Å². The van der Waals surface area contributed by atoms with Crippen molar-refractivity contribution >= 4 is 34.6 Å². The number of carbonyl (C=O) groups excluding carboxylic acids is 1. The molecule has 5 rings (SSSR count). The van der Waals surface area contributed by atoms with Crippen LogP contribution in [0, 0.1) is 6.92 Å². The molecule has 0 saturated heterocycles. The molecule has 0 spiro atoms. The Bertz CT molecular complexity index is 1300. The van der Waals surface area contributed by atoms with E-state index in [1.165, 1.54) is 4.57 Å². The summed E-state index contributed by atoms with van der Waals surface area (Å²) < 4.78 is 8.37. The van der Waals surface area contributed by atoms with Crippen molar-refractivity contribution in [3.8, 4) is 5.69 Å². The Balaban J connectivity index is 1.50. The fourth-order valence-electron chi connectivity index (χ4n) is 3.60. The van der Waals surface area contributed by atoms with Gasteiger partial charge in [-0.1, -0.05) is 30.3 Å². The quantitative estimate of drug-likeness (QED) is 0.561. The van der Waals surface area contributed by atoms with Crippen LogP contribution in [0.5, 0.6) is 0 Å². The Labute approximate surface area is 170 Å². The van der Waals surface area contributed by atoms with Crippen molar-refractivity contribution in [3.05, 3.63) is 75.9 Å². The molecule has 4 aromatic rings. The second-order valence-corrected chi connectivity index (χ2v) is 7.92. The minimum atomic E-state index is -0.547. The van der Waals surface area contributed by atoms with Crippen molar-refractivity contribution in [3.63, 3.8) is 0 Å². The Kier molecular flexibility index (Phi) is 4.28. The molecule has 0 unspecified atom stereocenters. The van der Waals surface area contributed by atoms with Crippen LogP contribution in [0.25, 0.3) is 16.8 Å². The molecule has 1 amide bonds. The van der Waals surface area contributed by atoms with Crippen LogP contribution in [0.3, 0.4) is 0 Å². The highest BCUT2D eigenvalue weighted by atomic mass is 32.2. The summed E-state index contributed by atoms with van der Waals surface area (Å²) in [5.74, 6) is 1.45. The van der Waals surface area contributed by atoms with E-state index in [-0.39, 0.29) is 12.5 Å². The van der Waals surface area contributed by atoms with Gasteiger partial charge in [0.05, 0.1) is 16.9 Å². The smallest absolute Gasteiger partial charge is 0.408 e. The number of amides is 1. The lowest BCUT2D eigenvalue weighted by molar-refractivity contribution is -0.116. The molecule has 0 saturated carbocycles. The number of para-hydroxylation sites is 3. The Morgan fingerprint density at radius 1 is 1.17 bits per heavy atom. The third-order valence-electron chi connectivity index (χ3n) is 5.03. The molecule has 0 atom stereocenters. The number of benzene rings is 2. The average Bonchev–Trinajstić information content (AvgIpc) is 3.38. The molecule has 1 aliphatic rings. The summed E-state index contributed by atoms with van der Waals surface area (Å²) in [5.41, 5.74) is 5.07. The summed E-state index contributed by atoms with van der Waals surface area (Å²) in [6.45, 7) is 1.89.